The number of hydrogen-bond donors (Lipinski definition) is 0. The van der Waals surface area contributed by atoms with Crippen molar-refractivity contribution in [3.63, 3.8) is 0 Å². The van der Waals surface area contributed by atoms with Gasteiger partial charge in [-0.25, -0.2) is 0 Å². The first-order chi connectivity index (χ1) is 12.0. The highest BCUT2D eigenvalue weighted by Gasteiger charge is 2.25. The molecule has 1 saturated heterocycles. The van der Waals surface area contributed by atoms with E-state index in [0.717, 1.165) is 45.3 Å². The van der Waals surface area contributed by atoms with Crippen LogP contribution in [0.5, 0.6) is 0 Å². The fourth-order valence-electron chi connectivity index (χ4n) is 3.18. The number of carbonyl (C=O) groups excluding carboxylic acids is 2. The SMILES string of the molecule is C=C(OCC(C)=O)N1CCC(N(C=O)CCc2ccccc2C)CC1. The number of benzene rings is 1. The Hall–Kier alpha value is -2.30. The number of amides is 1. The summed E-state index contributed by atoms with van der Waals surface area (Å²) in [6.45, 7) is 9.87. The third-order valence-corrected chi connectivity index (χ3v) is 4.76. The molecule has 0 N–H and O–H groups in total. The topological polar surface area (TPSA) is 49.9 Å². The van der Waals surface area contributed by atoms with Gasteiger partial charge in [0.2, 0.25) is 6.41 Å². The molecule has 1 heterocycles. The second-order valence-corrected chi connectivity index (χ2v) is 6.62. The third kappa shape index (κ3) is 5.62. The summed E-state index contributed by atoms with van der Waals surface area (Å²) in [7, 11) is 0. The molecule has 0 unspecified atom stereocenters. The van der Waals surface area contributed by atoms with Crippen molar-refractivity contribution in [3.8, 4) is 0 Å². The van der Waals surface area contributed by atoms with Crippen LogP contribution in [-0.4, -0.2) is 54.3 Å². The van der Waals surface area contributed by atoms with E-state index in [0.29, 0.717) is 5.88 Å². The van der Waals surface area contributed by atoms with Crippen molar-refractivity contribution >= 4 is 12.2 Å². The van der Waals surface area contributed by atoms with Gasteiger partial charge in [-0.2, -0.15) is 0 Å². The molecule has 0 saturated carbocycles. The van der Waals surface area contributed by atoms with E-state index < -0.39 is 0 Å². The molecule has 1 aliphatic heterocycles. The predicted octanol–water partition coefficient (Wildman–Crippen LogP) is 2.54. The van der Waals surface area contributed by atoms with E-state index in [4.69, 9.17) is 4.74 Å². The molecule has 0 radical (unpaired) electrons. The Balaban J connectivity index is 1.81. The Morgan fingerprint density at radius 2 is 2.04 bits per heavy atom. The summed E-state index contributed by atoms with van der Waals surface area (Å²) < 4.78 is 5.38. The van der Waals surface area contributed by atoms with Crippen LogP contribution in [0.3, 0.4) is 0 Å². The van der Waals surface area contributed by atoms with Crippen LogP contribution >= 0.6 is 0 Å². The third-order valence-electron chi connectivity index (χ3n) is 4.76. The molecule has 0 aliphatic carbocycles. The van der Waals surface area contributed by atoms with Crippen LogP contribution in [0.4, 0.5) is 0 Å². The standard InChI is InChI=1S/C20H28N2O3/c1-16-6-4-5-7-19(16)8-11-22(15-23)20-9-12-21(13-10-20)18(3)25-14-17(2)24/h4-7,15,20H,3,8-14H2,1-2H3. The van der Waals surface area contributed by atoms with Gasteiger partial charge in [0.05, 0.1) is 0 Å². The van der Waals surface area contributed by atoms with Gasteiger partial charge in [-0.1, -0.05) is 24.3 Å². The van der Waals surface area contributed by atoms with Gasteiger partial charge in [0, 0.05) is 25.7 Å². The first kappa shape index (κ1) is 19.0. The van der Waals surface area contributed by atoms with Crippen LogP contribution in [0.15, 0.2) is 36.7 Å². The van der Waals surface area contributed by atoms with E-state index in [1.807, 2.05) is 21.9 Å². The van der Waals surface area contributed by atoms with Crippen molar-refractivity contribution in [1.29, 1.82) is 0 Å². The summed E-state index contributed by atoms with van der Waals surface area (Å²) >= 11 is 0. The van der Waals surface area contributed by atoms with Crippen LogP contribution in [0.2, 0.25) is 0 Å². The lowest BCUT2D eigenvalue weighted by atomic mass is 10.0. The lowest BCUT2D eigenvalue weighted by Gasteiger charge is -2.38. The maximum atomic E-state index is 11.5. The zero-order chi connectivity index (χ0) is 18.2. The van der Waals surface area contributed by atoms with Gasteiger partial charge in [0.15, 0.2) is 11.7 Å². The number of ketones is 1. The number of carbonyl (C=O) groups is 2. The van der Waals surface area contributed by atoms with Gasteiger partial charge in [-0.05, 0) is 50.8 Å². The first-order valence-corrected chi connectivity index (χ1v) is 8.83. The normalized spacial score (nSPS) is 14.9. The van der Waals surface area contributed by atoms with E-state index in [-0.39, 0.29) is 18.4 Å². The molecule has 1 fully saturated rings. The van der Waals surface area contributed by atoms with Crippen LogP contribution in [0.1, 0.15) is 30.9 Å². The zero-order valence-electron chi connectivity index (χ0n) is 15.2. The molecule has 0 aromatic heterocycles. The van der Waals surface area contributed by atoms with Gasteiger partial charge < -0.3 is 14.5 Å². The molecule has 5 heteroatoms. The number of hydrogen-bond acceptors (Lipinski definition) is 4. The van der Waals surface area contributed by atoms with Crippen LogP contribution in [0.25, 0.3) is 0 Å². The van der Waals surface area contributed by atoms with Crippen LogP contribution in [0, 0.1) is 6.92 Å². The van der Waals surface area contributed by atoms with Crippen LogP contribution < -0.4 is 0 Å². The predicted molar refractivity (Wildman–Crippen MR) is 98.0 cm³/mol. The maximum Gasteiger partial charge on any atom is 0.209 e. The number of ether oxygens (including phenoxy) is 1. The number of piperidine rings is 1. The number of aryl methyl sites for hydroxylation is 1. The minimum Gasteiger partial charge on any atom is -0.472 e. The van der Waals surface area contributed by atoms with Crippen molar-refractivity contribution in [2.45, 2.75) is 39.2 Å². The van der Waals surface area contributed by atoms with Crippen LogP contribution in [-0.2, 0) is 20.7 Å². The molecule has 1 aliphatic rings. The van der Waals surface area contributed by atoms with Gasteiger partial charge in [-0.3, -0.25) is 9.59 Å². The number of Topliss-reactive ketones (excluding diaryl/α,β-unsaturated/α-hetero) is 1. The summed E-state index contributed by atoms with van der Waals surface area (Å²) in [5.74, 6) is 0.533. The quantitative estimate of drug-likeness (QED) is 0.510. The highest BCUT2D eigenvalue weighted by molar-refractivity contribution is 5.76. The highest BCUT2D eigenvalue weighted by atomic mass is 16.5. The molecule has 25 heavy (non-hydrogen) atoms. The number of nitrogens with zero attached hydrogens (tertiary/aromatic N) is 2. The van der Waals surface area contributed by atoms with Crippen molar-refractivity contribution in [2.75, 3.05) is 26.2 Å². The number of rotatable bonds is 9. The summed E-state index contributed by atoms with van der Waals surface area (Å²) in [5, 5.41) is 0. The molecule has 1 aromatic rings. The highest BCUT2D eigenvalue weighted by Crippen LogP contribution is 2.19. The minimum atomic E-state index is -0.0145. The summed E-state index contributed by atoms with van der Waals surface area (Å²) in [5.41, 5.74) is 2.56. The lowest BCUT2D eigenvalue weighted by Crippen LogP contribution is -2.45. The molecule has 0 bridgehead atoms. The van der Waals surface area contributed by atoms with Gasteiger partial charge in [0.25, 0.3) is 0 Å². The Morgan fingerprint density at radius 3 is 2.64 bits per heavy atom. The minimum absolute atomic E-state index is 0.0145. The van der Waals surface area contributed by atoms with E-state index in [9.17, 15) is 9.59 Å². The van der Waals surface area contributed by atoms with Crippen molar-refractivity contribution in [2.24, 2.45) is 0 Å². The largest absolute Gasteiger partial charge is 0.472 e. The average molecular weight is 344 g/mol. The lowest BCUT2D eigenvalue weighted by molar-refractivity contribution is -0.122. The van der Waals surface area contributed by atoms with Gasteiger partial charge in [-0.15, -0.1) is 0 Å². The maximum absolute atomic E-state index is 11.5. The summed E-state index contributed by atoms with van der Waals surface area (Å²) in [4.78, 5) is 26.5. The summed E-state index contributed by atoms with van der Waals surface area (Å²) in [6, 6.07) is 8.55. The molecule has 2 rings (SSSR count). The van der Waals surface area contributed by atoms with E-state index >= 15 is 0 Å². The Kier molecular flexibility index (Phi) is 7.04. The van der Waals surface area contributed by atoms with Crippen molar-refractivity contribution in [1.82, 2.24) is 9.80 Å². The van der Waals surface area contributed by atoms with E-state index in [1.165, 1.54) is 18.1 Å². The molecule has 5 nitrogen and oxygen atoms in total. The smallest absolute Gasteiger partial charge is 0.209 e. The Morgan fingerprint density at radius 1 is 1.36 bits per heavy atom. The fourth-order valence-corrected chi connectivity index (χ4v) is 3.18. The zero-order valence-corrected chi connectivity index (χ0v) is 15.2. The molecule has 0 atom stereocenters. The average Bonchev–Trinajstić information content (AvgIpc) is 2.62. The molecule has 1 aromatic carbocycles. The monoisotopic (exact) mass is 344 g/mol. The molecule has 1 amide bonds. The Bertz CT molecular complexity index is 607. The molecule has 0 spiro atoms. The summed E-state index contributed by atoms with van der Waals surface area (Å²) in [6.07, 6.45) is 3.61. The second-order valence-electron chi connectivity index (χ2n) is 6.62. The molecule has 136 valence electrons. The van der Waals surface area contributed by atoms with Gasteiger partial charge in [0.1, 0.15) is 6.61 Å². The second kappa shape index (κ2) is 9.25. The van der Waals surface area contributed by atoms with E-state index in [1.54, 1.807) is 0 Å². The van der Waals surface area contributed by atoms with E-state index in [2.05, 4.69) is 25.6 Å². The van der Waals surface area contributed by atoms with Gasteiger partial charge >= 0.3 is 0 Å². The molecular weight excluding hydrogens is 316 g/mol. The van der Waals surface area contributed by atoms with Crippen molar-refractivity contribution < 1.29 is 14.3 Å². The molecular formula is C20H28N2O3. The fraction of sp³-hybridized carbons (Fsp3) is 0.500. The Labute approximate surface area is 150 Å². The van der Waals surface area contributed by atoms with Crippen molar-refractivity contribution in [3.05, 3.63) is 47.9 Å². The first-order valence-electron chi connectivity index (χ1n) is 8.83. The number of likely N-dealkylation sites (tertiary alicyclic amines) is 1.